The summed E-state index contributed by atoms with van der Waals surface area (Å²) in [7, 11) is 2.19. The van der Waals surface area contributed by atoms with E-state index in [4.69, 9.17) is 9.72 Å². The number of piperazine rings is 1. The zero-order valence-corrected chi connectivity index (χ0v) is 22.5. The average molecular weight is 564 g/mol. The minimum atomic E-state index is 0.0999. The van der Waals surface area contributed by atoms with Gasteiger partial charge in [0.05, 0.1) is 26.6 Å². The molecule has 172 valence electrons. The van der Waals surface area contributed by atoms with Gasteiger partial charge in [-0.1, -0.05) is 26.8 Å². The molecule has 0 unspecified atom stereocenters. The van der Waals surface area contributed by atoms with Crippen molar-refractivity contribution in [3.63, 3.8) is 0 Å². The maximum Gasteiger partial charge on any atom is 0.147 e. The van der Waals surface area contributed by atoms with E-state index in [1.54, 1.807) is 0 Å². The minimum absolute atomic E-state index is 0.0999. The molecule has 7 heteroatoms. The molecule has 3 aromatic rings. The Morgan fingerprint density at radius 1 is 1.03 bits per heavy atom. The molecule has 0 amide bonds. The molecule has 1 saturated heterocycles. The quantitative estimate of drug-likeness (QED) is 0.370. The Morgan fingerprint density at radius 3 is 2.38 bits per heavy atom. The number of ether oxygens (including phenoxy) is 1. The van der Waals surface area contributed by atoms with Gasteiger partial charge >= 0.3 is 0 Å². The van der Waals surface area contributed by atoms with Crippen molar-refractivity contribution in [1.29, 1.82) is 0 Å². The second kappa shape index (κ2) is 9.84. The minimum Gasteiger partial charge on any atom is -0.491 e. The third-order valence-corrected chi connectivity index (χ3v) is 7.26. The van der Waals surface area contributed by atoms with Crippen molar-refractivity contribution < 1.29 is 4.74 Å². The topological polar surface area (TPSA) is 44.4 Å². The molecule has 0 radical (unpaired) electrons. The molecule has 2 aromatic carbocycles. The third kappa shape index (κ3) is 5.56. The molecule has 4 rings (SSSR count). The van der Waals surface area contributed by atoms with E-state index in [0.717, 1.165) is 76.3 Å². The number of nitrogens with zero attached hydrogens (tertiary/aromatic N) is 3. The summed E-state index contributed by atoms with van der Waals surface area (Å²) in [6, 6.07) is 10.6. The lowest BCUT2D eigenvalue weighted by Gasteiger charge is -2.32. The van der Waals surface area contributed by atoms with Gasteiger partial charge in [0.2, 0.25) is 0 Å². The van der Waals surface area contributed by atoms with Crippen LogP contribution in [0.5, 0.6) is 5.75 Å². The summed E-state index contributed by atoms with van der Waals surface area (Å²) < 4.78 is 7.98. The molecule has 1 aliphatic rings. The average Bonchev–Trinajstić information content (AvgIpc) is 3.17. The van der Waals surface area contributed by atoms with Crippen molar-refractivity contribution in [2.24, 2.45) is 0 Å². The molecule has 0 spiro atoms. The van der Waals surface area contributed by atoms with E-state index in [9.17, 15) is 0 Å². The fraction of sp³-hybridized carbons (Fsp3) is 0.480. The maximum absolute atomic E-state index is 6.12. The van der Waals surface area contributed by atoms with E-state index in [2.05, 4.69) is 105 Å². The van der Waals surface area contributed by atoms with Crippen LogP contribution in [0.1, 0.15) is 32.8 Å². The van der Waals surface area contributed by atoms with Crippen LogP contribution in [0, 0.1) is 0 Å². The van der Waals surface area contributed by atoms with E-state index >= 15 is 0 Å². The fourth-order valence-electron chi connectivity index (χ4n) is 3.98. The van der Waals surface area contributed by atoms with Crippen molar-refractivity contribution >= 4 is 42.9 Å². The molecule has 0 bridgehead atoms. The highest BCUT2D eigenvalue weighted by Gasteiger charge is 2.17. The third-order valence-electron chi connectivity index (χ3n) is 6.08. The van der Waals surface area contributed by atoms with Gasteiger partial charge in [-0.2, -0.15) is 0 Å². The van der Waals surface area contributed by atoms with Gasteiger partial charge in [0, 0.05) is 38.3 Å². The lowest BCUT2D eigenvalue weighted by atomic mass is 9.87. The Labute approximate surface area is 207 Å². The lowest BCUT2D eigenvalue weighted by molar-refractivity contribution is 0.145. The van der Waals surface area contributed by atoms with Gasteiger partial charge in [0.1, 0.15) is 11.6 Å². The normalized spacial score (nSPS) is 16.1. The van der Waals surface area contributed by atoms with Gasteiger partial charge in [-0.3, -0.25) is 0 Å². The molecule has 2 heterocycles. The number of nitrogens with one attached hydrogen (secondary N) is 1. The Morgan fingerprint density at radius 2 is 1.72 bits per heavy atom. The fourth-order valence-corrected chi connectivity index (χ4v) is 5.39. The van der Waals surface area contributed by atoms with Gasteiger partial charge in [0.25, 0.3) is 0 Å². The van der Waals surface area contributed by atoms with Crippen molar-refractivity contribution in [1.82, 2.24) is 19.8 Å². The first-order valence-electron chi connectivity index (χ1n) is 11.2. The molecular weight excluding hydrogens is 532 g/mol. The summed E-state index contributed by atoms with van der Waals surface area (Å²) in [5.41, 5.74) is 4.43. The summed E-state index contributed by atoms with van der Waals surface area (Å²) in [6.07, 6.45) is 1.02. The predicted octanol–water partition coefficient (Wildman–Crippen LogP) is 6.07. The number of halogens is 2. The molecule has 32 heavy (non-hydrogen) atoms. The molecule has 0 saturated carbocycles. The number of fused-ring (bicyclic) bond motifs is 1. The number of imidazole rings is 1. The molecule has 1 fully saturated rings. The lowest BCUT2D eigenvalue weighted by Crippen LogP contribution is -2.44. The largest absolute Gasteiger partial charge is 0.491 e. The molecule has 0 aliphatic carbocycles. The summed E-state index contributed by atoms with van der Waals surface area (Å²) in [4.78, 5) is 13.2. The Kier molecular flexibility index (Phi) is 7.30. The highest BCUT2D eigenvalue weighted by molar-refractivity contribution is 9.11. The Balaban J connectivity index is 1.43. The van der Waals surface area contributed by atoms with Crippen LogP contribution in [0.15, 0.2) is 39.3 Å². The van der Waals surface area contributed by atoms with Gasteiger partial charge < -0.3 is 19.5 Å². The summed E-state index contributed by atoms with van der Waals surface area (Å²) >= 11 is 7.40. The molecular formula is C25H32Br2N4O. The number of aromatic nitrogens is 2. The summed E-state index contributed by atoms with van der Waals surface area (Å²) in [5, 5.41) is 0. The Bertz CT molecular complexity index is 1060. The second-order valence-corrected chi connectivity index (χ2v) is 11.4. The molecule has 1 aromatic heterocycles. The van der Waals surface area contributed by atoms with E-state index < -0.39 is 0 Å². The molecule has 1 aliphatic heterocycles. The highest BCUT2D eigenvalue weighted by atomic mass is 79.9. The first kappa shape index (κ1) is 23.7. The summed E-state index contributed by atoms with van der Waals surface area (Å²) in [5.74, 6) is 1.70. The molecule has 1 N–H and O–H groups in total. The van der Waals surface area contributed by atoms with Crippen molar-refractivity contribution in [3.8, 4) is 17.1 Å². The van der Waals surface area contributed by atoms with Gasteiger partial charge in [-0.05, 0) is 80.6 Å². The van der Waals surface area contributed by atoms with Crippen LogP contribution < -0.4 is 4.74 Å². The van der Waals surface area contributed by atoms with Crippen molar-refractivity contribution in [3.05, 3.63) is 44.8 Å². The SMILES string of the molecule is CN1CCN(CCCOc2c(Br)cc(-c3nc4cc(C(C)(C)C)ccc4[nH]3)cc2Br)CC1. The van der Waals surface area contributed by atoms with Crippen molar-refractivity contribution in [2.75, 3.05) is 46.4 Å². The van der Waals surface area contributed by atoms with E-state index in [0.29, 0.717) is 6.61 Å². The predicted molar refractivity (Wildman–Crippen MR) is 140 cm³/mol. The van der Waals surface area contributed by atoms with Gasteiger partial charge in [-0.15, -0.1) is 0 Å². The van der Waals surface area contributed by atoms with Crippen LogP contribution in [0.3, 0.4) is 0 Å². The van der Waals surface area contributed by atoms with Gasteiger partial charge in [-0.25, -0.2) is 4.98 Å². The number of aromatic amines is 1. The van der Waals surface area contributed by atoms with Crippen LogP contribution in [-0.2, 0) is 5.41 Å². The van der Waals surface area contributed by atoms with E-state index in [1.165, 1.54) is 5.56 Å². The highest BCUT2D eigenvalue weighted by Crippen LogP contribution is 2.38. The van der Waals surface area contributed by atoms with Crippen LogP contribution >= 0.6 is 31.9 Å². The molecule has 0 atom stereocenters. The number of hydrogen-bond donors (Lipinski definition) is 1. The van der Waals surface area contributed by atoms with Crippen LogP contribution in [0.25, 0.3) is 22.4 Å². The zero-order chi connectivity index (χ0) is 22.9. The van der Waals surface area contributed by atoms with Crippen LogP contribution in [0.2, 0.25) is 0 Å². The Hall–Kier alpha value is -1.41. The number of rotatable bonds is 6. The van der Waals surface area contributed by atoms with E-state index in [1.807, 2.05) is 0 Å². The maximum atomic E-state index is 6.12. The summed E-state index contributed by atoms with van der Waals surface area (Å²) in [6.45, 7) is 13.0. The molecule has 5 nitrogen and oxygen atoms in total. The van der Waals surface area contributed by atoms with Gasteiger partial charge in [0.15, 0.2) is 0 Å². The van der Waals surface area contributed by atoms with E-state index in [-0.39, 0.29) is 5.41 Å². The first-order valence-corrected chi connectivity index (χ1v) is 12.8. The van der Waals surface area contributed by atoms with Crippen LogP contribution in [-0.4, -0.2) is 66.1 Å². The monoisotopic (exact) mass is 562 g/mol. The first-order chi connectivity index (χ1) is 15.2. The zero-order valence-electron chi connectivity index (χ0n) is 19.3. The van der Waals surface area contributed by atoms with Crippen molar-refractivity contribution in [2.45, 2.75) is 32.6 Å². The number of H-pyrrole nitrogens is 1. The number of hydrogen-bond acceptors (Lipinski definition) is 4. The number of likely N-dealkylation sites (N-methyl/N-ethyl adjacent to an activating group) is 1. The standard InChI is InChI=1S/C25H32Br2N4O/c1-25(2,3)18-6-7-21-22(16-18)29-24(28-21)17-14-19(26)23(20(27)15-17)32-13-5-8-31-11-9-30(4)10-12-31/h6-7,14-16H,5,8-13H2,1-4H3,(H,28,29). The van der Waals surface area contributed by atoms with Crippen LogP contribution in [0.4, 0.5) is 0 Å². The number of benzene rings is 2. The second-order valence-electron chi connectivity index (χ2n) is 9.68. The smallest absolute Gasteiger partial charge is 0.147 e.